The molecule has 4 heteroatoms. The highest BCUT2D eigenvalue weighted by Crippen LogP contribution is 2.51. The number of unbranched alkanes of at least 4 members (excludes halogenated alkanes) is 1. The van der Waals surface area contributed by atoms with Gasteiger partial charge >= 0.3 is 0 Å². The van der Waals surface area contributed by atoms with Crippen molar-refractivity contribution in [3.8, 4) is 0 Å². The number of benzene rings is 1. The molecule has 4 rings (SSSR count). The van der Waals surface area contributed by atoms with Gasteiger partial charge in [0, 0.05) is 40.6 Å². The van der Waals surface area contributed by atoms with Gasteiger partial charge < -0.3 is 20.1 Å². The predicted octanol–water partition coefficient (Wildman–Crippen LogP) is 4.55. The second-order valence-corrected chi connectivity index (χ2v) is 9.33. The minimum absolute atomic E-state index is 0.145. The minimum Gasteiger partial charge on any atom is -0.392 e. The zero-order valence-corrected chi connectivity index (χ0v) is 18.2. The largest absolute Gasteiger partial charge is 0.392 e. The van der Waals surface area contributed by atoms with Crippen LogP contribution in [0.3, 0.4) is 0 Å². The van der Waals surface area contributed by atoms with Gasteiger partial charge in [0.1, 0.15) is 0 Å². The van der Waals surface area contributed by atoms with E-state index in [1.807, 2.05) is 13.8 Å². The smallest absolute Gasteiger partial charge is 0.0736 e. The van der Waals surface area contributed by atoms with Gasteiger partial charge in [0.25, 0.3) is 0 Å². The zero-order chi connectivity index (χ0) is 20.9. The highest BCUT2D eigenvalue weighted by molar-refractivity contribution is 5.70. The number of rotatable bonds is 5. The molecule has 4 nitrogen and oxygen atoms in total. The number of nitrogens with one attached hydrogen (secondary N) is 1. The Morgan fingerprint density at radius 3 is 2.45 bits per heavy atom. The topological polar surface area (TPSA) is 59.5 Å². The number of hydrogen-bond donors (Lipinski definition) is 3. The third-order valence-corrected chi connectivity index (χ3v) is 6.93. The fourth-order valence-corrected chi connectivity index (χ4v) is 5.25. The molecule has 2 unspecified atom stereocenters. The average molecular weight is 395 g/mol. The van der Waals surface area contributed by atoms with Crippen molar-refractivity contribution in [2.45, 2.75) is 71.0 Å². The van der Waals surface area contributed by atoms with E-state index in [-0.39, 0.29) is 17.3 Å². The summed E-state index contributed by atoms with van der Waals surface area (Å²) in [5.41, 5.74) is 6.77. The maximum absolute atomic E-state index is 11.0. The van der Waals surface area contributed by atoms with Crippen LogP contribution in [0.25, 0.3) is 0 Å². The van der Waals surface area contributed by atoms with Gasteiger partial charge in [-0.05, 0) is 43.5 Å². The number of hydrogen-bond acceptors (Lipinski definition) is 3. The summed E-state index contributed by atoms with van der Waals surface area (Å²) in [4.78, 5) is 5.74. The van der Waals surface area contributed by atoms with Crippen LogP contribution in [0.5, 0.6) is 0 Å². The predicted molar refractivity (Wildman–Crippen MR) is 118 cm³/mol. The number of aromatic amines is 1. The summed E-state index contributed by atoms with van der Waals surface area (Å²) in [6, 6.07) is 10.7. The fraction of sp³-hybridized carbons (Fsp3) is 0.520. The Kier molecular flexibility index (Phi) is 5.12. The third kappa shape index (κ3) is 3.13. The number of fused-ring (bicyclic) bond motifs is 1. The van der Waals surface area contributed by atoms with Gasteiger partial charge in [-0.3, -0.25) is 0 Å². The minimum atomic E-state index is -0.582. The summed E-state index contributed by atoms with van der Waals surface area (Å²) in [6.07, 6.45) is 3.23. The first kappa shape index (κ1) is 20.2. The summed E-state index contributed by atoms with van der Waals surface area (Å²) < 4.78 is 0. The molecule has 1 aromatic heterocycles. The first-order chi connectivity index (χ1) is 13.8. The molecule has 29 heavy (non-hydrogen) atoms. The van der Waals surface area contributed by atoms with Crippen LogP contribution in [-0.2, 0) is 5.41 Å². The summed E-state index contributed by atoms with van der Waals surface area (Å²) in [5, 5.41) is 22.0. The number of para-hydroxylation sites is 1. The first-order valence-electron chi connectivity index (χ1n) is 10.9. The van der Waals surface area contributed by atoms with E-state index in [1.165, 1.54) is 16.9 Å². The molecule has 1 aliphatic carbocycles. The molecule has 1 saturated carbocycles. The van der Waals surface area contributed by atoms with E-state index in [0.29, 0.717) is 0 Å². The van der Waals surface area contributed by atoms with Crippen LogP contribution in [-0.4, -0.2) is 33.9 Å². The quantitative estimate of drug-likeness (QED) is 0.697. The third-order valence-electron chi connectivity index (χ3n) is 6.93. The molecular formula is C25H34N2O2. The highest BCUT2D eigenvalue weighted by Gasteiger charge is 2.51. The van der Waals surface area contributed by atoms with Crippen LogP contribution in [0, 0.1) is 19.8 Å². The molecule has 2 heterocycles. The van der Waals surface area contributed by atoms with Gasteiger partial charge in [0.05, 0.1) is 18.1 Å². The van der Waals surface area contributed by atoms with Crippen molar-refractivity contribution in [2.75, 3.05) is 11.4 Å². The van der Waals surface area contributed by atoms with E-state index >= 15 is 0 Å². The van der Waals surface area contributed by atoms with Crippen molar-refractivity contribution in [1.29, 1.82) is 0 Å². The zero-order valence-electron chi connectivity index (χ0n) is 18.2. The Labute approximate surface area is 174 Å². The lowest BCUT2D eigenvalue weighted by Crippen LogP contribution is -2.53. The normalized spacial score (nSPS) is 29.2. The molecule has 2 aliphatic rings. The Hall–Kier alpha value is -2.04. The summed E-state index contributed by atoms with van der Waals surface area (Å²) in [5.74, 6) is -0.503. The van der Waals surface area contributed by atoms with E-state index in [4.69, 9.17) is 0 Å². The number of aromatic nitrogens is 1. The van der Waals surface area contributed by atoms with E-state index in [0.717, 1.165) is 36.3 Å². The maximum atomic E-state index is 11.0. The number of nitrogens with zero attached hydrogens (tertiary/aromatic N) is 1. The number of aliphatic hydroxyl groups is 2. The van der Waals surface area contributed by atoms with E-state index < -0.39 is 12.2 Å². The molecule has 0 bridgehead atoms. The van der Waals surface area contributed by atoms with E-state index in [9.17, 15) is 10.2 Å². The maximum Gasteiger partial charge on any atom is 0.0736 e. The molecule has 156 valence electrons. The van der Waals surface area contributed by atoms with Gasteiger partial charge in [0.15, 0.2) is 0 Å². The van der Waals surface area contributed by atoms with Crippen LogP contribution in [0.1, 0.15) is 62.0 Å². The van der Waals surface area contributed by atoms with Crippen molar-refractivity contribution < 1.29 is 10.2 Å². The Balaban J connectivity index is 1.67. The Bertz CT molecular complexity index is 917. The van der Waals surface area contributed by atoms with Crippen LogP contribution < -0.4 is 4.90 Å². The van der Waals surface area contributed by atoms with Gasteiger partial charge in [-0.1, -0.05) is 51.5 Å². The Morgan fingerprint density at radius 2 is 1.83 bits per heavy atom. The molecule has 2 aromatic rings. The number of H-pyrrole nitrogens is 1. The molecule has 3 N–H and O–H groups in total. The summed E-state index contributed by atoms with van der Waals surface area (Å²) in [7, 11) is 0. The molecule has 0 saturated heterocycles. The summed E-state index contributed by atoms with van der Waals surface area (Å²) >= 11 is 0. The molecule has 1 aromatic carbocycles. The fourth-order valence-electron chi connectivity index (χ4n) is 5.25. The van der Waals surface area contributed by atoms with Crippen LogP contribution in [0.15, 0.2) is 42.1 Å². The molecular weight excluding hydrogens is 360 g/mol. The molecule has 0 radical (unpaired) electrons. The van der Waals surface area contributed by atoms with Crippen molar-refractivity contribution in [3.05, 3.63) is 64.6 Å². The molecule has 0 amide bonds. The highest BCUT2D eigenvalue weighted by atomic mass is 16.3. The van der Waals surface area contributed by atoms with Crippen molar-refractivity contribution in [1.82, 2.24) is 4.98 Å². The second kappa shape index (κ2) is 7.33. The van der Waals surface area contributed by atoms with E-state index in [2.05, 4.69) is 67.1 Å². The molecule has 0 spiro atoms. The number of aliphatic hydroxyl groups excluding tert-OH is 2. The van der Waals surface area contributed by atoms with Gasteiger partial charge in [-0.25, -0.2) is 0 Å². The number of aryl methyl sites for hydroxylation is 2. The summed E-state index contributed by atoms with van der Waals surface area (Å²) in [6.45, 7) is 11.7. The van der Waals surface area contributed by atoms with Crippen molar-refractivity contribution in [2.24, 2.45) is 5.92 Å². The lowest BCUT2D eigenvalue weighted by molar-refractivity contribution is -0.0961. The standard InChI is InChI=1S/C25H34N2O2/c1-6-7-12-27-19-11-9-8-10-18(19)25(4,5)20(27)14-17-23(28)21(24(17)29)22-15(2)13-16(3)26-22/h8-11,13-14,17,21,23-24,26,28-29H,6-7,12H2,1-5H3. The second-order valence-electron chi connectivity index (χ2n) is 9.33. The lowest BCUT2D eigenvalue weighted by atomic mass is 9.65. The van der Waals surface area contributed by atoms with Crippen molar-refractivity contribution >= 4 is 5.69 Å². The monoisotopic (exact) mass is 394 g/mol. The number of allylic oxidation sites excluding steroid dienone is 1. The lowest BCUT2D eigenvalue weighted by Gasteiger charge is -2.46. The van der Waals surface area contributed by atoms with Gasteiger partial charge in [-0.2, -0.15) is 0 Å². The SMILES string of the molecule is CCCCN1C(=CC2C(O)C(c3[nH]c(C)cc3C)C2O)C(C)(C)c2ccccc21. The first-order valence-corrected chi connectivity index (χ1v) is 10.9. The van der Waals surface area contributed by atoms with E-state index in [1.54, 1.807) is 0 Å². The van der Waals surface area contributed by atoms with Crippen LogP contribution in [0.4, 0.5) is 5.69 Å². The molecule has 1 fully saturated rings. The van der Waals surface area contributed by atoms with Crippen LogP contribution >= 0.6 is 0 Å². The molecule has 1 aliphatic heterocycles. The van der Waals surface area contributed by atoms with Gasteiger partial charge in [-0.15, -0.1) is 0 Å². The van der Waals surface area contributed by atoms with Crippen molar-refractivity contribution in [3.63, 3.8) is 0 Å². The molecule has 2 atom stereocenters. The van der Waals surface area contributed by atoms with Gasteiger partial charge in [0.2, 0.25) is 0 Å². The Morgan fingerprint density at radius 1 is 1.14 bits per heavy atom. The average Bonchev–Trinajstić information content (AvgIpc) is 3.11. The van der Waals surface area contributed by atoms with Crippen LogP contribution in [0.2, 0.25) is 0 Å². The number of anilines is 1.